The average molecular weight is 330 g/mol. The van der Waals surface area contributed by atoms with Gasteiger partial charge in [-0.05, 0) is 19.9 Å². The molecule has 1 aliphatic heterocycles. The Morgan fingerprint density at radius 2 is 1.70 bits per heavy atom. The second-order valence-corrected chi connectivity index (χ2v) is 5.98. The molecule has 3 rings (SSSR count). The molecule has 126 valence electrons. The van der Waals surface area contributed by atoms with E-state index in [0.29, 0.717) is 26.2 Å². The van der Waals surface area contributed by atoms with Crippen molar-refractivity contribution in [3.05, 3.63) is 27.6 Å². The fraction of sp³-hybridized carbons (Fsp3) is 0.571. The molecule has 1 heterocycles. The second kappa shape index (κ2) is 5.88. The van der Waals surface area contributed by atoms with Crippen molar-refractivity contribution in [2.45, 2.75) is 18.9 Å². The zero-order valence-electron chi connectivity index (χ0n) is 12.6. The summed E-state index contributed by atoms with van der Waals surface area (Å²) in [4.78, 5) is 13.4. The Balaban J connectivity index is 2.08. The maximum Gasteiger partial charge on any atom is 0.333 e. The summed E-state index contributed by atoms with van der Waals surface area (Å²) in [6.07, 6.45) is 1.44. The molecule has 2 fully saturated rings. The second-order valence-electron chi connectivity index (χ2n) is 5.98. The van der Waals surface area contributed by atoms with Gasteiger partial charge in [-0.1, -0.05) is 0 Å². The molecular weight excluding hydrogens is 313 g/mol. The number of hydrogen-bond acceptors (Lipinski definition) is 5. The van der Waals surface area contributed by atoms with E-state index in [1.807, 2.05) is 11.9 Å². The van der Waals surface area contributed by atoms with Crippen LogP contribution in [-0.2, 0) is 0 Å². The van der Waals surface area contributed by atoms with Crippen molar-refractivity contribution >= 4 is 17.1 Å². The summed E-state index contributed by atoms with van der Waals surface area (Å²) in [7, 11) is 1.88. The molecule has 1 aliphatic carbocycles. The first-order valence-corrected chi connectivity index (χ1v) is 7.45. The van der Waals surface area contributed by atoms with E-state index < -0.39 is 39.4 Å². The molecule has 0 spiro atoms. The molecule has 23 heavy (non-hydrogen) atoms. The lowest BCUT2D eigenvalue weighted by Crippen LogP contribution is -2.45. The summed E-state index contributed by atoms with van der Waals surface area (Å²) in [6, 6.07) is -0.131. The van der Waals surface area contributed by atoms with Crippen LogP contribution in [-0.4, -0.2) is 49.1 Å². The summed E-state index contributed by atoms with van der Waals surface area (Å²) in [6.45, 7) is 1.79. The molecule has 1 saturated heterocycles. The molecule has 0 unspecified atom stereocenters. The molecule has 1 aromatic rings. The van der Waals surface area contributed by atoms with Gasteiger partial charge in [0.15, 0.2) is 17.3 Å². The lowest BCUT2D eigenvalue weighted by Gasteiger charge is -2.34. The smallest absolute Gasteiger partial charge is 0.333 e. The zero-order valence-corrected chi connectivity index (χ0v) is 12.6. The largest absolute Gasteiger partial charge is 0.374 e. The standard InChI is InChI=1S/C14H17F3N4O2/c1-19-4-6-20(7-5-19)13-9(15)10(16)14(21(22)23)12(11(13)17)18-8-2-3-8/h8,18H,2-7H2,1H3. The van der Waals surface area contributed by atoms with Crippen molar-refractivity contribution in [3.8, 4) is 0 Å². The lowest BCUT2D eigenvalue weighted by molar-refractivity contribution is -0.387. The Morgan fingerprint density at radius 3 is 2.22 bits per heavy atom. The van der Waals surface area contributed by atoms with Gasteiger partial charge in [0, 0.05) is 32.2 Å². The highest BCUT2D eigenvalue weighted by molar-refractivity contribution is 5.72. The molecular formula is C14H17F3N4O2. The Labute approximate surface area is 131 Å². The number of piperazine rings is 1. The first-order chi connectivity index (χ1) is 10.9. The maximum absolute atomic E-state index is 14.8. The van der Waals surface area contributed by atoms with Crippen molar-refractivity contribution < 1.29 is 18.1 Å². The van der Waals surface area contributed by atoms with E-state index >= 15 is 0 Å². The van der Waals surface area contributed by atoms with Crippen LogP contribution in [0.3, 0.4) is 0 Å². The van der Waals surface area contributed by atoms with Gasteiger partial charge in [0.05, 0.1) is 4.92 Å². The third-order valence-corrected chi connectivity index (χ3v) is 4.20. The van der Waals surface area contributed by atoms with Crippen LogP contribution >= 0.6 is 0 Å². The third kappa shape index (κ3) is 2.92. The number of rotatable bonds is 4. The minimum Gasteiger partial charge on any atom is -0.374 e. The van der Waals surface area contributed by atoms with Gasteiger partial charge < -0.3 is 15.1 Å². The van der Waals surface area contributed by atoms with Gasteiger partial charge in [-0.2, -0.15) is 4.39 Å². The minimum absolute atomic E-state index is 0.131. The van der Waals surface area contributed by atoms with Crippen molar-refractivity contribution in [2.75, 3.05) is 43.4 Å². The first-order valence-electron chi connectivity index (χ1n) is 7.45. The normalized spacial score (nSPS) is 19.0. The molecule has 0 aromatic heterocycles. The monoisotopic (exact) mass is 330 g/mol. The third-order valence-electron chi connectivity index (χ3n) is 4.20. The molecule has 2 aliphatic rings. The Kier molecular flexibility index (Phi) is 4.05. The Morgan fingerprint density at radius 1 is 1.09 bits per heavy atom. The number of nitro groups is 1. The van der Waals surface area contributed by atoms with Gasteiger partial charge in [-0.15, -0.1) is 0 Å². The van der Waals surface area contributed by atoms with Crippen LogP contribution in [0.5, 0.6) is 0 Å². The number of nitrogens with one attached hydrogen (secondary N) is 1. The fourth-order valence-corrected chi connectivity index (χ4v) is 2.68. The molecule has 1 saturated carbocycles. The SMILES string of the molecule is CN1CCN(c2c(F)c(F)c([N+](=O)[O-])c(NC3CC3)c2F)CC1. The van der Waals surface area contributed by atoms with Crippen LogP contribution in [0.15, 0.2) is 0 Å². The van der Waals surface area contributed by atoms with Crippen LogP contribution in [0.4, 0.5) is 30.2 Å². The van der Waals surface area contributed by atoms with E-state index in [0.717, 1.165) is 12.8 Å². The molecule has 0 radical (unpaired) electrons. The van der Waals surface area contributed by atoms with Gasteiger partial charge in [0.25, 0.3) is 0 Å². The maximum atomic E-state index is 14.8. The topological polar surface area (TPSA) is 61.7 Å². The summed E-state index contributed by atoms with van der Waals surface area (Å²) in [5.74, 6) is -4.21. The van der Waals surface area contributed by atoms with Gasteiger partial charge in [0.1, 0.15) is 5.69 Å². The number of hydrogen-bond donors (Lipinski definition) is 1. The highest BCUT2D eigenvalue weighted by Crippen LogP contribution is 2.41. The van der Waals surface area contributed by atoms with Gasteiger partial charge in [-0.25, -0.2) is 8.78 Å². The Bertz CT molecular complexity index is 644. The van der Waals surface area contributed by atoms with Crippen molar-refractivity contribution in [2.24, 2.45) is 0 Å². The highest BCUT2D eigenvalue weighted by atomic mass is 19.2. The summed E-state index contributed by atoms with van der Waals surface area (Å²) in [5, 5.41) is 13.7. The number of benzene rings is 1. The summed E-state index contributed by atoms with van der Waals surface area (Å²) in [5.41, 5.74) is -2.24. The van der Waals surface area contributed by atoms with Crippen LogP contribution in [0.2, 0.25) is 0 Å². The molecule has 0 atom stereocenters. The number of likely N-dealkylation sites (N-methyl/N-ethyl adjacent to an activating group) is 1. The van der Waals surface area contributed by atoms with Gasteiger partial charge in [-0.3, -0.25) is 10.1 Å². The van der Waals surface area contributed by atoms with E-state index in [2.05, 4.69) is 5.32 Å². The molecule has 9 heteroatoms. The van der Waals surface area contributed by atoms with E-state index in [4.69, 9.17) is 0 Å². The number of halogens is 3. The van der Waals surface area contributed by atoms with Gasteiger partial charge >= 0.3 is 5.69 Å². The zero-order chi connectivity index (χ0) is 16.7. The molecule has 1 N–H and O–H groups in total. The lowest BCUT2D eigenvalue weighted by atomic mass is 10.1. The van der Waals surface area contributed by atoms with Crippen LogP contribution < -0.4 is 10.2 Å². The van der Waals surface area contributed by atoms with Crippen molar-refractivity contribution in [1.82, 2.24) is 4.90 Å². The van der Waals surface area contributed by atoms with E-state index in [-0.39, 0.29) is 6.04 Å². The predicted octanol–water partition coefficient (Wildman–Crippen LogP) is 2.34. The molecule has 0 bridgehead atoms. The molecule has 6 nitrogen and oxygen atoms in total. The molecule has 1 aromatic carbocycles. The van der Waals surface area contributed by atoms with Gasteiger partial charge in [0.2, 0.25) is 5.82 Å². The Hall–Kier alpha value is -2.03. The first kappa shape index (κ1) is 15.9. The summed E-state index contributed by atoms with van der Waals surface area (Å²) < 4.78 is 43.3. The number of nitrogens with zero attached hydrogens (tertiary/aromatic N) is 3. The van der Waals surface area contributed by atoms with Crippen LogP contribution in [0.1, 0.15) is 12.8 Å². The summed E-state index contributed by atoms with van der Waals surface area (Å²) >= 11 is 0. The average Bonchev–Trinajstić information content (AvgIpc) is 3.30. The predicted molar refractivity (Wildman–Crippen MR) is 79.3 cm³/mol. The quantitative estimate of drug-likeness (QED) is 0.522. The van der Waals surface area contributed by atoms with Crippen LogP contribution in [0, 0.1) is 27.6 Å². The van der Waals surface area contributed by atoms with E-state index in [1.54, 1.807) is 0 Å². The molecule has 0 amide bonds. The van der Waals surface area contributed by atoms with Crippen LogP contribution in [0.25, 0.3) is 0 Å². The minimum atomic E-state index is -1.62. The fourth-order valence-electron chi connectivity index (χ4n) is 2.68. The number of nitro benzene ring substituents is 1. The van der Waals surface area contributed by atoms with E-state index in [9.17, 15) is 23.3 Å². The van der Waals surface area contributed by atoms with Crippen molar-refractivity contribution in [3.63, 3.8) is 0 Å². The van der Waals surface area contributed by atoms with Crippen molar-refractivity contribution in [1.29, 1.82) is 0 Å². The highest BCUT2D eigenvalue weighted by Gasteiger charge is 2.37. The van der Waals surface area contributed by atoms with E-state index in [1.165, 1.54) is 4.90 Å². The number of anilines is 2.